The lowest BCUT2D eigenvalue weighted by molar-refractivity contribution is -0.135. The third-order valence-corrected chi connectivity index (χ3v) is 4.79. The largest absolute Gasteiger partial charge is 0.347 e. The second-order valence-corrected chi connectivity index (χ2v) is 6.61. The molecule has 0 saturated carbocycles. The van der Waals surface area contributed by atoms with Gasteiger partial charge in [-0.15, -0.1) is 0 Å². The molecular formula is C19H24N4O2. The third kappa shape index (κ3) is 3.95. The molecule has 0 radical (unpaired) electrons. The number of carbonyl (C=O) groups excluding carboxylic acids is 1. The number of piperidine rings is 1. The fourth-order valence-electron chi connectivity index (χ4n) is 3.55. The monoisotopic (exact) mass is 340 g/mol. The zero-order valence-corrected chi connectivity index (χ0v) is 14.8. The fourth-order valence-corrected chi connectivity index (χ4v) is 3.55. The van der Waals surface area contributed by atoms with Crippen LogP contribution in [-0.4, -0.2) is 31.9 Å². The van der Waals surface area contributed by atoms with Gasteiger partial charge < -0.3 is 4.90 Å². The third-order valence-electron chi connectivity index (χ3n) is 4.79. The Morgan fingerprint density at radius 3 is 2.88 bits per heavy atom. The maximum atomic E-state index is 12.8. The predicted molar refractivity (Wildman–Crippen MR) is 95.1 cm³/mol. The van der Waals surface area contributed by atoms with Crippen LogP contribution in [0.4, 0.5) is 0 Å². The number of aryl methyl sites for hydroxylation is 2. The summed E-state index contributed by atoms with van der Waals surface area (Å²) < 4.78 is 1.58. The van der Waals surface area contributed by atoms with Gasteiger partial charge in [-0.25, -0.2) is 4.79 Å². The van der Waals surface area contributed by atoms with Crippen LogP contribution in [0.2, 0.25) is 0 Å². The molecule has 1 saturated heterocycles. The molecule has 0 N–H and O–H groups in total. The zero-order chi connectivity index (χ0) is 17.8. The lowest BCUT2D eigenvalue weighted by atomic mass is 9.96. The number of hydrogen-bond donors (Lipinski definition) is 0. The highest BCUT2D eigenvalue weighted by Crippen LogP contribution is 2.30. The van der Waals surface area contributed by atoms with E-state index in [2.05, 4.69) is 9.97 Å². The molecule has 0 bridgehead atoms. The zero-order valence-electron chi connectivity index (χ0n) is 14.8. The minimum Gasteiger partial charge on any atom is -0.336 e. The Balaban J connectivity index is 1.72. The molecule has 0 spiro atoms. The molecule has 2 aromatic heterocycles. The fraction of sp³-hybridized carbons (Fsp3) is 0.474. The molecule has 6 nitrogen and oxygen atoms in total. The Morgan fingerprint density at radius 1 is 1.32 bits per heavy atom. The molecule has 1 aliphatic rings. The van der Waals surface area contributed by atoms with Crippen LogP contribution >= 0.6 is 0 Å². The Morgan fingerprint density at radius 2 is 2.16 bits per heavy atom. The van der Waals surface area contributed by atoms with Gasteiger partial charge in [0.25, 0.3) is 0 Å². The highest BCUT2D eigenvalue weighted by atomic mass is 16.2. The standard InChI is InChI=1S/C19H24N4O2/c1-14-12-15(2)22(19(25)21-14)11-8-18(24)23-10-4-3-7-17(23)16-6-5-9-20-13-16/h5-6,9,12-13,17H,3-4,7-8,10-11H2,1-2H3. The van der Waals surface area contributed by atoms with Crippen molar-refractivity contribution < 1.29 is 4.79 Å². The molecule has 1 aliphatic heterocycles. The van der Waals surface area contributed by atoms with Crippen molar-refractivity contribution in [2.24, 2.45) is 0 Å². The van der Waals surface area contributed by atoms with Crippen LogP contribution in [0.1, 0.15) is 48.7 Å². The number of pyridine rings is 1. The molecule has 1 unspecified atom stereocenters. The first-order valence-electron chi connectivity index (χ1n) is 8.81. The second-order valence-electron chi connectivity index (χ2n) is 6.61. The van der Waals surface area contributed by atoms with E-state index in [0.29, 0.717) is 18.7 Å². The normalized spacial score (nSPS) is 17.5. The van der Waals surface area contributed by atoms with Crippen molar-refractivity contribution in [3.05, 3.63) is 58.0 Å². The van der Waals surface area contributed by atoms with Crippen LogP contribution < -0.4 is 5.69 Å². The van der Waals surface area contributed by atoms with Gasteiger partial charge in [0, 0.05) is 43.3 Å². The first-order chi connectivity index (χ1) is 12.1. The molecule has 0 aromatic carbocycles. The number of hydrogen-bond acceptors (Lipinski definition) is 4. The topological polar surface area (TPSA) is 68.1 Å². The Bertz CT molecular complexity index is 801. The SMILES string of the molecule is Cc1cc(C)n(CCC(=O)N2CCCCC2c2cccnc2)c(=O)n1. The highest BCUT2D eigenvalue weighted by molar-refractivity contribution is 5.76. The van der Waals surface area contributed by atoms with Gasteiger partial charge in [-0.05, 0) is 50.8 Å². The smallest absolute Gasteiger partial charge is 0.336 e. The van der Waals surface area contributed by atoms with Crippen molar-refractivity contribution in [1.29, 1.82) is 0 Å². The average molecular weight is 340 g/mol. The van der Waals surface area contributed by atoms with Crippen molar-refractivity contribution in [3.63, 3.8) is 0 Å². The molecule has 2 aromatic rings. The van der Waals surface area contributed by atoms with Crippen LogP contribution in [0.3, 0.4) is 0 Å². The molecule has 1 atom stereocenters. The molecule has 3 rings (SSSR count). The van der Waals surface area contributed by atoms with E-state index >= 15 is 0 Å². The summed E-state index contributed by atoms with van der Waals surface area (Å²) in [6, 6.07) is 5.89. The minimum atomic E-state index is -0.284. The van der Waals surface area contributed by atoms with Crippen LogP contribution in [0.5, 0.6) is 0 Å². The van der Waals surface area contributed by atoms with Gasteiger partial charge in [0.1, 0.15) is 0 Å². The summed E-state index contributed by atoms with van der Waals surface area (Å²) in [6.45, 7) is 4.81. The van der Waals surface area contributed by atoms with Crippen molar-refractivity contribution in [2.75, 3.05) is 6.54 Å². The Hall–Kier alpha value is -2.50. The summed E-state index contributed by atoms with van der Waals surface area (Å²) in [7, 11) is 0. The lowest BCUT2D eigenvalue weighted by Crippen LogP contribution is -2.39. The summed E-state index contributed by atoms with van der Waals surface area (Å²) >= 11 is 0. The second kappa shape index (κ2) is 7.59. The van der Waals surface area contributed by atoms with Crippen LogP contribution in [0.25, 0.3) is 0 Å². The summed E-state index contributed by atoms with van der Waals surface area (Å²) in [6.07, 6.45) is 7.00. The predicted octanol–water partition coefficient (Wildman–Crippen LogP) is 2.40. The van der Waals surface area contributed by atoms with E-state index in [1.54, 1.807) is 17.7 Å². The van der Waals surface area contributed by atoms with Gasteiger partial charge in [-0.3, -0.25) is 14.3 Å². The van der Waals surface area contributed by atoms with Gasteiger partial charge in [0.15, 0.2) is 0 Å². The molecule has 1 amide bonds. The van der Waals surface area contributed by atoms with E-state index in [0.717, 1.165) is 37.1 Å². The number of aromatic nitrogens is 3. The van der Waals surface area contributed by atoms with Gasteiger partial charge in [-0.2, -0.15) is 4.98 Å². The number of carbonyl (C=O) groups is 1. The van der Waals surface area contributed by atoms with E-state index in [-0.39, 0.29) is 17.6 Å². The molecule has 25 heavy (non-hydrogen) atoms. The number of rotatable bonds is 4. The van der Waals surface area contributed by atoms with E-state index in [4.69, 9.17) is 0 Å². The summed E-state index contributed by atoms with van der Waals surface area (Å²) in [5.74, 6) is 0.0837. The van der Waals surface area contributed by atoms with Gasteiger partial charge in [0.2, 0.25) is 5.91 Å². The maximum Gasteiger partial charge on any atom is 0.347 e. The summed E-state index contributed by atoms with van der Waals surface area (Å²) in [4.78, 5) is 35.0. The van der Waals surface area contributed by atoms with Crippen LogP contribution in [0.15, 0.2) is 35.4 Å². The highest BCUT2D eigenvalue weighted by Gasteiger charge is 2.27. The molecule has 0 aliphatic carbocycles. The van der Waals surface area contributed by atoms with Gasteiger partial charge >= 0.3 is 5.69 Å². The molecule has 132 valence electrons. The number of amides is 1. The molecule has 6 heteroatoms. The van der Waals surface area contributed by atoms with Gasteiger partial charge in [0.05, 0.1) is 6.04 Å². The van der Waals surface area contributed by atoms with E-state index in [1.165, 1.54) is 0 Å². The Labute approximate surface area is 147 Å². The summed E-state index contributed by atoms with van der Waals surface area (Å²) in [5, 5.41) is 0. The quantitative estimate of drug-likeness (QED) is 0.857. The molecular weight excluding hydrogens is 316 g/mol. The number of nitrogens with zero attached hydrogens (tertiary/aromatic N) is 4. The maximum absolute atomic E-state index is 12.8. The van der Waals surface area contributed by atoms with Crippen LogP contribution in [0, 0.1) is 13.8 Å². The Kier molecular flexibility index (Phi) is 5.26. The van der Waals surface area contributed by atoms with Crippen molar-refractivity contribution in [2.45, 2.75) is 52.1 Å². The number of likely N-dealkylation sites (tertiary alicyclic amines) is 1. The van der Waals surface area contributed by atoms with E-state index in [1.807, 2.05) is 36.2 Å². The first-order valence-corrected chi connectivity index (χ1v) is 8.81. The minimum absolute atomic E-state index is 0.0837. The molecule has 1 fully saturated rings. The van der Waals surface area contributed by atoms with Crippen molar-refractivity contribution in [1.82, 2.24) is 19.4 Å². The van der Waals surface area contributed by atoms with E-state index in [9.17, 15) is 9.59 Å². The van der Waals surface area contributed by atoms with E-state index < -0.39 is 0 Å². The molecule has 3 heterocycles. The van der Waals surface area contributed by atoms with Crippen molar-refractivity contribution in [3.8, 4) is 0 Å². The lowest BCUT2D eigenvalue weighted by Gasteiger charge is -2.36. The van der Waals surface area contributed by atoms with Crippen LogP contribution in [-0.2, 0) is 11.3 Å². The first kappa shape index (κ1) is 17.3. The van der Waals surface area contributed by atoms with Crippen molar-refractivity contribution >= 4 is 5.91 Å². The summed E-state index contributed by atoms with van der Waals surface area (Å²) in [5.41, 5.74) is 2.35. The average Bonchev–Trinajstić information content (AvgIpc) is 2.61. The van der Waals surface area contributed by atoms with Gasteiger partial charge in [-0.1, -0.05) is 6.07 Å².